The van der Waals surface area contributed by atoms with Crippen molar-refractivity contribution in [2.24, 2.45) is 0 Å². The molecule has 2 aromatic heterocycles. The summed E-state index contributed by atoms with van der Waals surface area (Å²) >= 11 is 3.41. The lowest BCUT2D eigenvalue weighted by atomic mass is 10.1. The van der Waals surface area contributed by atoms with Crippen molar-refractivity contribution in [2.45, 2.75) is 6.04 Å². The zero-order valence-electron chi connectivity index (χ0n) is 13.1. The monoisotopic (exact) mass is 402 g/mol. The molecule has 1 aliphatic heterocycles. The van der Waals surface area contributed by atoms with Gasteiger partial charge in [-0.1, -0.05) is 28.1 Å². The summed E-state index contributed by atoms with van der Waals surface area (Å²) in [7, 11) is 0. The number of benzene rings is 1. The quantitative estimate of drug-likeness (QED) is 0.698. The van der Waals surface area contributed by atoms with Crippen LogP contribution in [0.3, 0.4) is 0 Å². The molecular formula is C16H15BrN6O2. The van der Waals surface area contributed by atoms with E-state index in [1.807, 2.05) is 24.3 Å². The second-order valence-corrected chi connectivity index (χ2v) is 6.55. The SMILES string of the molecule is O=C(c1cc(-c2ccc(Br)cc2)n[nH]1)N1CCOC[C@H]1c1ncn[nH]1. The van der Waals surface area contributed by atoms with Crippen LogP contribution in [0.5, 0.6) is 0 Å². The van der Waals surface area contributed by atoms with Gasteiger partial charge in [0.2, 0.25) is 0 Å². The molecule has 1 fully saturated rings. The molecule has 4 rings (SSSR count). The zero-order chi connectivity index (χ0) is 17.2. The average Bonchev–Trinajstić information content (AvgIpc) is 3.34. The van der Waals surface area contributed by atoms with Gasteiger partial charge in [0, 0.05) is 16.6 Å². The van der Waals surface area contributed by atoms with Gasteiger partial charge in [-0.25, -0.2) is 4.98 Å². The first kappa shape index (κ1) is 16.0. The predicted octanol–water partition coefficient (Wildman–Crippen LogP) is 2.17. The fraction of sp³-hybridized carbons (Fsp3) is 0.250. The molecule has 0 spiro atoms. The number of nitrogens with one attached hydrogen (secondary N) is 2. The number of halogens is 1. The standard InChI is InChI=1S/C16H15BrN6O2/c17-11-3-1-10(2-4-11)12-7-13(21-20-12)16(24)23-5-6-25-8-14(23)15-18-9-19-22-15/h1-4,7,9,14H,5-6,8H2,(H,20,21)(H,18,19,22)/t14-/m0/s1. The van der Waals surface area contributed by atoms with E-state index in [2.05, 4.69) is 41.3 Å². The van der Waals surface area contributed by atoms with Crippen LogP contribution in [0.2, 0.25) is 0 Å². The lowest BCUT2D eigenvalue weighted by Crippen LogP contribution is -2.44. The summed E-state index contributed by atoms with van der Waals surface area (Å²) in [6, 6.07) is 9.24. The van der Waals surface area contributed by atoms with Crippen LogP contribution in [0, 0.1) is 0 Å². The Kier molecular flexibility index (Phi) is 4.33. The van der Waals surface area contributed by atoms with Crippen molar-refractivity contribution in [1.82, 2.24) is 30.3 Å². The first-order valence-corrected chi connectivity index (χ1v) is 8.57. The maximum atomic E-state index is 12.9. The number of morpholine rings is 1. The van der Waals surface area contributed by atoms with Gasteiger partial charge in [0.15, 0.2) is 0 Å². The number of nitrogens with zero attached hydrogens (tertiary/aromatic N) is 4. The fourth-order valence-electron chi connectivity index (χ4n) is 2.80. The van der Waals surface area contributed by atoms with Crippen molar-refractivity contribution < 1.29 is 9.53 Å². The van der Waals surface area contributed by atoms with Crippen LogP contribution in [0.15, 0.2) is 41.1 Å². The highest BCUT2D eigenvalue weighted by Gasteiger charge is 2.32. The van der Waals surface area contributed by atoms with Crippen LogP contribution in [-0.2, 0) is 4.74 Å². The third kappa shape index (κ3) is 3.20. The van der Waals surface area contributed by atoms with Crippen molar-refractivity contribution in [3.8, 4) is 11.3 Å². The van der Waals surface area contributed by atoms with Crippen molar-refractivity contribution in [1.29, 1.82) is 0 Å². The Morgan fingerprint density at radius 2 is 2.12 bits per heavy atom. The molecule has 9 heteroatoms. The second-order valence-electron chi connectivity index (χ2n) is 5.63. The summed E-state index contributed by atoms with van der Waals surface area (Å²) in [6.07, 6.45) is 1.43. The molecule has 25 heavy (non-hydrogen) atoms. The van der Waals surface area contributed by atoms with E-state index < -0.39 is 0 Å². The maximum Gasteiger partial charge on any atom is 0.272 e. The van der Waals surface area contributed by atoms with Gasteiger partial charge in [0.05, 0.1) is 18.9 Å². The van der Waals surface area contributed by atoms with Crippen LogP contribution in [0.4, 0.5) is 0 Å². The molecule has 3 heterocycles. The Morgan fingerprint density at radius 1 is 1.28 bits per heavy atom. The number of rotatable bonds is 3. The minimum atomic E-state index is -0.289. The van der Waals surface area contributed by atoms with Crippen LogP contribution in [0.1, 0.15) is 22.4 Å². The van der Waals surface area contributed by atoms with Crippen LogP contribution < -0.4 is 0 Å². The van der Waals surface area contributed by atoms with E-state index in [4.69, 9.17) is 4.74 Å². The first-order chi connectivity index (χ1) is 12.2. The van der Waals surface area contributed by atoms with Crippen LogP contribution in [0.25, 0.3) is 11.3 Å². The molecule has 1 aromatic carbocycles. The second kappa shape index (κ2) is 6.77. The molecule has 3 aromatic rings. The Balaban J connectivity index is 1.58. The van der Waals surface area contributed by atoms with Gasteiger partial charge in [0.1, 0.15) is 23.9 Å². The Hall–Kier alpha value is -2.52. The van der Waals surface area contributed by atoms with E-state index in [1.54, 1.807) is 11.0 Å². The molecule has 8 nitrogen and oxygen atoms in total. The van der Waals surface area contributed by atoms with Gasteiger partial charge in [0.25, 0.3) is 5.91 Å². The molecule has 1 amide bonds. The highest BCUT2D eigenvalue weighted by atomic mass is 79.9. The van der Waals surface area contributed by atoms with E-state index in [1.165, 1.54) is 6.33 Å². The molecule has 1 saturated heterocycles. The number of carbonyl (C=O) groups excluding carboxylic acids is 1. The zero-order valence-corrected chi connectivity index (χ0v) is 14.7. The summed E-state index contributed by atoms with van der Waals surface area (Å²) in [5, 5.41) is 13.8. The van der Waals surface area contributed by atoms with E-state index in [-0.39, 0.29) is 11.9 Å². The summed E-state index contributed by atoms with van der Waals surface area (Å²) in [4.78, 5) is 18.8. The summed E-state index contributed by atoms with van der Waals surface area (Å²) in [5.74, 6) is 0.473. The summed E-state index contributed by atoms with van der Waals surface area (Å²) < 4.78 is 6.49. The van der Waals surface area contributed by atoms with Gasteiger partial charge in [-0.2, -0.15) is 10.2 Å². The number of aromatic amines is 2. The third-order valence-corrected chi connectivity index (χ3v) is 4.62. The number of H-pyrrole nitrogens is 2. The fourth-order valence-corrected chi connectivity index (χ4v) is 3.07. The predicted molar refractivity (Wildman–Crippen MR) is 92.7 cm³/mol. The lowest BCUT2D eigenvalue weighted by molar-refractivity contribution is -0.00542. The van der Waals surface area contributed by atoms with E-state index in [0.29, 0.717) is 31.3 Å². The minimum Gasteiger partial charge on any atom is -0.377 e. The largest absolute Gasteiger partial charge is 0.377 e. The molecule has 1 aliphatic rings. The van der Waals surface area contributed by atoms with E-state index >= 15 is 0 Å². The molecule has 0 unspecified atom stereocenters. The van der Waals surface area contributed by atoms with E-state index in [0.717, 1.165) is 15.7 Å². The molecule has 0 saturated carbocycles. The van der Waals surface area contributed by atoms with Crippen molar-refractivity contribution in [3.05, 3.63) is 52.7 Å². The average molecular weight is 403 g/mol. The van der Waals surface area contributed by atoms with E-state index in [9.17, 15) is 4.79 Å². The Labute approximate surface area is 151 Å². The molecule has 128 valence electrons. The normalized spacial score (nSPS) is 17.6. The lowest BCUT2D eigenvalue weighted by Gasteiger charge is -2.33. The van der Waals surface area contributed by atoms with Crippen molar-refractivity contribution in [2.75, 3.05) is 19.8 Å². The van der Waals surface area contributed by atoms with Gasteiger partial charge in [-0.3, -0.25) is 15.0 Å². The van der Waals surface area contributed by atoms with Crippen molar-refractivity contribution in [3.63, 3.8) is 0 Å². The number of amides is 1. The van der Waals surface area contributed by atoms with Crippen LogP contribution in [-0.4, -0.2) is 55.9 Å². The minimum absolute atomic E-state index is 0.138. The van der Waals surface area contributed by atoms with Gasteiger partial charge < -0.3 is 9.64 Å². The molecule has 2 N–H and O–H groups in total. The molecule has 1 atom stereocenters. The molecule has 0 bridgehead atoms. The molecule has 0 radical (unpaired) electrons. The summed E-state index contributed by atoms with van der Waals surface area (Å²) in [5.41, 5.74) is 2.09. The smallest absolute Gasteiger partial charge is 0.272 e. The third-order valence-electron chi connectivity index (χ3n) is 4.09. The van der Waals surface area contributed by atoms with Gasteiger partial charge in [-0.05, 0) is 18.2 Å². The first-order valence-electron chi connectivity index (χ1n) is 7.77. The number of hydrogen-bond donors (Lipinski definition) is 2. The summed E-state index contributed by atoms with van der Waals surface area (Å²) in [6.45, 7) is 1.36. The highest BCUT2D eigenvalue weighted by molar-refractivity contribution is 9.10. The number of hydrogen-bond acceptors (Lipinski definition) is 5. The number of aromatic nitrogens is 5. The number of ether oxygens (including phenoxy) is 1. The van der Waals surface area contributed by atoms with Gasteiger partial charge >= 0.3 is 0 Å². The Bertz CT molecular complexity index is 861. The van der Waals surface area contributed by atoms with Gasteiger partial charge in [-0.15, -0.1) is 0 Å². The number of carbonyl (C=O) groups is 1. The maximum absolute atomic E-state index is 12.9. The highest BCUT2D eigenvalue weighted by Crippen LogP contribution is 2.25. The van der Waals surface area contributed by atoms with Crippen molar-refractivity contribution >= 4 is 21.8 Å². The topological polar surface area (TPSA) is 99.8 Å². The molecule has 0 aliphatic carbocycles. The Morgan fingerprint density at radius 3 is 2.88 bits per heavy atom. The molecular weight excluding hydrogens is 388 g/mol. The van der Waals surface area contributed by atoms with Crippen LogP contribution >= 0.6 is 15.9 Å².